The van der Waals surface area contributed by atoms with Crippen LogP contribution in [0.5, 0.6) is 5.75 Å². The average molecular weight is 283 g/mol. The zero-order valence-electron chi connectivity index (χ0n) is 11.4. The lowest BCUT2D eigenvalue weighted by Gasteiger charge is -2.11. The summed E-state index contributed by atoms with van der Waals surface area (Å²) >= 11 is 0. The highest BCUT2D eigenvalue weighted by Crippen LogP contribution is 2.30. The third-order valence-corrected chi connectivity index (χ3v) is 3.12. The molecule has 3 aromatic rings. The Balaban J connectivity index is 2.01. The van der Waals surface area contributed by atoms with Crippen LogP contribution in [-0.2, 0) is 13.7 Å². The first-order chi connectivity index (χ1) is 10.1. The minimum atomic E-state index is -1.02. The number of hydrogen-bond donors (Lipinski definition) is 1. The highest BCUT2D eigenvalue weighted by atomic mass is 16.5. The number of carbonyl (C=O) groups is 1. The van der Waals surface area contributed by atoms with Gasteiger partial charge in [-0.2, -0.15) is 0 Å². The van der Waals surface area contributed by atoms with Crippen molar-refractivity contribution in [2.75, 3.05) is 0 Å². The van der Waals surface area contributed by atoms with Crippen LogP contribution in [0.3, 0.4) is 0 Å². The van der Waals surface area contributed by atoms with Gasteiger partial charge in [0.15, 0.2) is 0 Å². The molecular formula is C15H13N3O3. The molecule has 0 saturated carbocycles. The number of nitrogens with zero attached hydrogens (tertiary/aromatic N) is 3. The third-order valence-electron chi connectivity index (χ3n) is 3.12. The van der Waals surface area contributed by atoms with Gasteiger partial charge >= 0.3 is 5.97 Å². The molecule has 6 nitrogen and oxygen atoms in total. The van der Waals surface area contributed by atoms with Gasteiger partial charge in [-0.15, -0.1) is 5.10 Å². The first kappa shape index (κ1) is 13.1. The molecule has 0 aliphatic rings. The van der Waals surface area contributed by atoms with Crippen LogP contribution < -0.4 is 4.74 Å². The van der Waals surface area contributed by atoms with E-state index in [4.69, 9.17) is 4.74 Å². The summed E-state index contributed by atoms with van der Waals surface area (Å²) in [5.41, 5.74) is 0.777. The summed E-state index contributed by atoms with van der Waals surface area (Å²) in [4.78, 5) is 11.4. The van der Waals surface area contributed by atoms with Crippen molar-refractivity contribution in [3.8, 4) is 5.75 Å². The quantitative estimate of drug-likeness (QED) is 0.794. The molecule has 0 atom stereocenters. The molecule has 2 aromatic carbocycles. The van der Waals surface area contributed by atoms with Crippen LogP contribution in [0.4, 0.5) is 0 Å². The maximum absolute atomic E-state index is 11.4. The number of carboxylic acid groups (broad SMARTS) is 1. The van der Waals surface area contributed by atoms with E-state index in [1.54, 1.807) is 30.1 Å². The summed E-state index contributed by atoms with van der Waals surface area (Å²) in [5.74, 6) is -0.666. The number of fused-ring (bicyclic) bond motifs is 1. The Morgan fingerprint density at radius 1 is 1.29 bits per heavy atom. The predicted molar refractivity (Wildman–Crippen MR) is 76.2 cm³/mol. The Bertz CT molecular complexity index is 811. The third kappa shape index (κ3) is 2.55. The fourth-order valence-corrected chi connectivity index (χ4v) is 2.17. The summed E-state index contributed by atoms with van der Waals surface area (Å²) in [6.45, 7) is 0.169. The SMILES string of the molecule is Cn1cc(COc2c(C(=O)O)ccc3ccccc23)nn1. The van der Waals surface area contributed by atoms with Gasteiger partial charge < -0.3 is 9.84 Å². The maximum Gasteiger partial charge on any atom is 0.339 e. The molecule has 3 rings (SSSR count). The van der Waals surface area contributed by atoms with E-state index in [-0.39, 0.29) is 12.2 Å². The lowest BCUT2D eigenvalue weighted by molar-refractivity contribution is 0.0692. The van der Waals surface area contributed by atoms with Crippen LogP contribution in [0.2, 0.25) is 0 Å². The number of aromatic carboxylic acids is 1. The molecule has 1 aromatic heterocycles. The second kappa shape index (κ2) is 5.24. The molecule has 0 saturated heterocycles. The van der Waals surface area contributed by atoms with E-state index in [0.717, 1.165) is 10.8 Å². The molecule has 6 heteroatoms. The van der Waals surface area contributed by atoms with Gasteiger partial charge in [0.2, 0.25) is 0 Å². The number of carboxylic acids is 1. The van der Waals surface area contributed by atoms with E-state index < -0.39 is 5.97 Å². The highest BCUT2D eigenvalue weighted by molar-refractivity contribution is 6.00. The topological polar surface area (TPSA) is 77.2 Å². The monoisotopic (exact) mass is 283 g/mol. The van der Waals surface area contributed by atoms with Crippen molar-refractivity contribution in [2.45, 2.75) is 6.61 Å². The van der Waals surface area contributed by atoms with Gasteiger partial charge in [-0.25, -0.2) is 4.79 Å². The van der Waals surface area contributed by atoms with Crippen molar-refractivity contribution < 1.29 is 14.6 Å². The number of ether oxygens (including phenoxy) is 1. The molecule has 0 aliphatic heterocycles. The van der Waals surface area contributed by atoms with Gasteiger partial charge in [0.25, 0.3) is 0 Å². The minimum absolute atomic E-state index is 0.137. The molecule has 0 spiro atoms. The summed E-state index contributed by atoms with van der Waals surface area (Å²) in [6, 6.07) is 10.8. The van der Waals surface area contributed by atoms with E-state index in [0.29, 0.717) is 11.4 Å². The van der Waals surface area contributed by atoms with E-state index in [2.05, 4.69) is 10.3 Å². The fourth-order valence-electron chi connectivity index (χ4n) is 2.17. The molecule has 0 unspecified atom stereocenters. The lowest BCUT2D eigenvalue weighted by atomic mass is 10.1. The van der Waals surface area contributed by atoms with E-state index in [9.17, 15) is 9.90 Å². The van der Waals surface area contributed by atoms with Crippen molar-refractivity contribution in [3.63, 3.8) is 0 Å². The van der Waals surface area contributed by atoms with Crippen molar-refractivity contribution >= 4 is 16.7 Å². The molecule has 0 aliphatic carbocycles. The number of rotatable bonds is 4. The van der Waals surface area contributed by atoms with Gasteiger partial charge in [0.05, 0.1) is 6.20 Å². The van der Waals surface area contributed by atoms with Crippen LogP contribution >= 0.6 is 0 Å². The Hall–Kier alpha value is -2.89. The first-order valence-electron chi connectivity index (χ1n) is 6.38. The van der Waals surface area contributed by atoms with Crippen molar-refractivity contribution in [1.29, 1.82) is 0 Å². The number of hydrogen-bond acceptors (Lipinski definition) is 4. The van der Waals surface area contributed by atoms with E-state index >= 15 is 0 Å². The zero-order valence-corrected chi connectivity index (χ0v) is 11.4. The Kier molecular flexibility index (Phi) is 3.27. The summed E-state index contributed by atoms with van der Waals surface area (Å²) in [5, 5.41) is 18.8. The normalized spacial score (nSPS) is 10.7. The predicted octanol–water partition coefficient (Wildman–Crippen LogP) is 2.25. The molecule has 0 bridgehead atoms. The molecule has 0 radical (unpaired) electrons. The zero-order chi connectivity index (χ0) is 14.8. The summed E-state index contributed by atoms with van der Waals surface area (Å²) < 4.78 is 7.28. The highest BCUT2D eigenvalue weighted by Gasteiger charge is 2.15. The Morgan fingerprint density at radius 2 is 2.10 bits per heavy atom. The first-order valence-corrected chi connectivity index (χ1v) is 6.38. The van der Waals surface area contributed by atoms with Crippen LogP contribution in [0.15, 0.2) is 42.6 Å². The molecule has 21 heavy (non-hydrogen) atoms. The molecule has 1 N–H and O–H groups in total. The lowest BCUT2D eigenvalue weighted by Crippen LogP contribution is -2.04. The van der Waals surface area contributed by atoms with Crippen molar-refractivity contribution in [3.05, 3.63) is 53.9 Å². The number of aromatic nitrogens is 3. The van der Waals surface area contributed by atoms with Gasteiger partial charge in [0.1, 0.15) is 23.6 Å². The molecule has 106 valence electrons. The summed E-state index contributed by atoms with van der Waals surface area (Å²) in [7, 11) is 1.76. The van der Waals surface area contributed by atoms with Gasteiger partial charge in [0, 0.05) is 12.4 Å². The fraction of sp³-hybridized carbons (Fsp3) is 0.133. The average Bonchev–Trinajstić information content (AvgIpc) is 2.90. The Labute approximate surface area is 120 Å². The second-order valence-electron chi connectivity index (χ2n) is 4.64. The van der Waals surface area contributed by atoms with Gasteiger partial charge in [-0.05, 0) is 11.5 Å². The van der Waals surface area contributed by atoms with Crippen LogP contribution in [0.25, 0.3) is 10.8 Å². The number of aryl methyl sites for hydroxylation is 1. The number of benzene rings is 2. The molecule has 0 amide bonds. The maximum atomic E-state index is 11.4. The van der Waals surface area contributed by atoms with E-state index in [1.165, 1.54) is 0 Å². The van der Waals surface area contributed by atoms with Crippen molar-refractivity contribution in [1.82, 2.24) is 15.0 Å². The summed E-state index contributed by atoms with van der Waals surface area (Å²) in [6.07, 6.45) is 1.73. The van der Waals surface area contributed by atoms with Crippen LogP contribution in [0.1, 0.15) is 16.1 Å². The Morgan fingerprint density at radius 3 is 2.81 bits per heavy atom. The van der Waals surface area contributed by atoms with Crippen LogP contribution in [-0.4, -0.2) is 26.1 Å². The smallest absolute Gasteiger partial charge is 0.339 e. The molecular weight excluding hydrogens is 270 g/mol. The van der Waals surface area contributed by atoms with Gasteiger partial charge in [-0.3, -0.25) is 4.68 Å². The minimum Gasteiger partial charge on any atom is -0.486 e. The van der Waals surface area contributed by atoms with Gasteiger partial charge in [-0.1, -0.05) is 35.5 Å². The molecule has 1 heterocycles. The molecule has 0 fully saturated rings. The largest absolute Gasteiger partial charge is 0.486 e. The van der Waals surface area contributed by atoms with Crippen LogP contribution in [0, 0.1) is 0 Å². The van der Waals surface area contributed by atoms with Crippen molar-refractivity contribution in [2.24, 2.45) is 7.05 Å². The van der Waals surface area contributed by atoms with E-state index in [1.807, 2.05) is 24.3 Å². The second-order valence-corrected chi connectivity index (χ2v) is 4.64. The standard InChI is InChI=1S/C15H13N3O3/c1-18-8-11(16-17-18)9-21-14-12-5-3-2-4-10(12)6-7-13(14)15(19)20/h2-8H,9H2,1H3,(H,19,20).